The fourth-order valence-corrected chi connectivity index (χ4v) is 1.28. The Kier molecular flexibility index (Phi) is 1.70. The van der Waals surface area contributed by atoms with Crippen LogP contribution in [0.5, 0.6) is 0 Å². The lowest BCUT2D eigenvalue weighted by Gasteiger charge is -1.95. The highest BCUT2D eigenvalue weighted by molar-refractivity contribution is 6.34. The van der Waals surface area contributed by atoms with Gasteiger partial charge < -0.3 is 4.42 Å². The SMILES string of the molecule is O=c1[nH]c(=O)c2cccc(Cl)c2o1. The third-order valence-electron chi connectivity index (χ3n) is 1.62. The van der Waals surface area contributed by atoms with Gasteiger partial charge in [0.2, 0.25) is 0 Å². The summed E-state index contributed by atoms with van der Waals surface area (Å²) in [6.07, 6.45) is 0. The summed E-state index contributed by atoms with van der Waals surface area (Å²) in [6, 6.07) is 4.69. The van der Waals surface area contributed by atoms with Crippen molar-refractivity contribution in [2.75, 3.05) is 0 Å². The molecule has 0 fully saturated rings. The van der Waals surface area contributed by atoms with Crippen LogP contribution in [-0.2, 0) is 0 Å². The summed E-state index contributed by atoms with van der Waals surface area (Å²) in [5.74, 6) is -0.800. The average Bonchev–Trinajstić information content (AvgIpc) is 2.07. The van der Waals surface area contributed by atoms with E-state index in [1.54, 1.807) is 12.1 Å². The number of nitrogens with one attached hydrogen (secondary N) is 1. The highest BCUT2D eigenvalue weighted by Crippen LogP contribution is 2.18. The molecule has 5 heteroatoms. The highest BCUT2D eigenvalue weighted by atomic mass is 35.5. The molecule has 0 saturated carbocycles. The maximum absolute atomic E-state index is 11.2. The van der Waals surface area contributed by atoms with Gasteiger partial charge in [-0.15, -0.1) is 0 Å². The third kappa shape index (κ3) is 1.25. The Morgan fingerprint density at radius 3 is 2.85 bits per heavy atom. The van der Waals surface area contributed by atoms with E-state index >= 15 is 0 Å². The second kappa shape index (κ2) is 2.74. The van der Waals surface area contributed by atoms with E-state index in [1.807, 2.05) is 4.98 Å². The zero-order valence-corrected chi connectivity index (χ0v) is 7.09. The molecule has 0 aliphatic carbocycles. The molecule has 1 heterocycles. The zero-order valence-electron chi connectivity index (χ0n) is 6.33. The maximum atomic E-state index is 11.2. The molecule has 0 aliphatic heterocycles. The van der Waals surface area contributed by atoms with E-state index < -0.39 is 11.3 Å². The van der Waals surface area contributed by atoms with Gasteiger partial charge in [0.1, 0.15) is 0 Å². The predicted octanol–water partition coefficient (Wildman–Crippen LogP) is 1.13. The number of hydrogen-bond acceptors (Lipinski definition) is 3. The van der Waals surface area contributed by atoms with Crippen molar-refractivity contribution in [3.05, 3.63) is 44.1 Å². The van der Waals surface area contributed by atoms with Crippen molar-refractivity contribution in [1.82, 2.24) is 4.98 Å². The molecule has 0 aliphatic rings. The van der Waals surface area contributed by atoms with Gasteiger partial charge in [-0.05, 0) is 12.1 Å². The first-order valence-electron chi connectivity index (χ1n) is 3.50. The molecule has 0 unspecified atom stereocenters. The number of rotatable bonds is 0. The molecule has 2 aromatic rings. The lowest BCUT2D eigenvalue weighted by molar-refractivity contribution is 0.528. The minimum atomic E-state index is -0.800. The van der Waals surface area contributed by atoms with E-state index in [9.17, 15) is 9.59 Å². The monoisotopic (exact) mass is 197 g/mol. The molecular weight excluding hydrogens is 194 g/mol. The fourth-order valence-electron chi connectivity index (χ4n) is 1.07. The summed E-state index contributed by atoms with van der Waals surface area (Å²) in [6.45, 7) is 0. The summed E-state index contributed by atoms with van der Waals surface area (Å²) in [4.78, 5) is 24.0. The predicted molar refractivity (Wildman–Crippen MR) is 48.1 cm³/mol. The molecule has 0 atom stereocenters. The summed E-state index contributed by atoms with van der Waals surface area (Å²) < 4.78 is 4.73. The topological polar surface area (TPSA) is 63.1 Å². The Morgan fingerprint density at radius 1 is 1.31 bits per heavy atom. The molecule has 0 radical (unpaired) electrons. The number of benzene rings is 1. The van der Waals surface area contributed by atoms with Gasteiger partial charge in [-0.25, -0.2) is 4.79 Å². The smallest absolute Gasteiger partial charge is 0.408 e. The van der Waals surface area contributed by atoms with E-state index in [1.165, 1.54) is 6.07 Å². The summed E-state index contributed by atoms with van der Waals surface area (Å²) >= 11 is 5.72. The first-order valence-corrected chi connectivity index (χ1v) is 3.88. The molecule has 0 bridgehead atoms. The average molecular weight is 198 g/mol. The lowest BCUT2D eigenvalue weighted by Crippen LogP contribution is -2.17. The molecule has 1 aromatic heterocycles. The number of fused-ring (bicyclic) bond motifs is 1. The largest absolute Gasteiger partial charge is 0.419 e. The molecule has 4 nitrogen and oxygen atoms in total. The van der Waals surface area contributed by atoms with E-state index in [-0.39, 0.29) is 16.0 Å². The quantitative estimate of drug-likeness (QED) is 0.689. The van der Waals surface area contributed by atoms with Crippen molar-refractivity contribution in [2.24, 2.45) is 0 Å². The van der Waals surface area contributed by atoms with Gasteiger partial charge >= 0.3 is 5.76 Å². The Morgan fingerprint density at radius 2 is 2.08 bits per heavy atom. The number of para-hydroxylation sites is 1. The number of aromatic nitrogens is 1. The molecule has 1 N–H and O–H groups in total. The Labute approximate surface area is 76.8 Å². The van der Waals surface area contributed by atoms with Crippen LogP contribution in [0.4, 0.5) is 0 Å². The summed E-state index contributed by atoms with van der Waals surface area (Å²) in [5.41, 5.74) is -0.369. The van der Waals surface area contributed by atoms with Crippen LogP contribution in [0, 0.1) is 0 Å². The van der Waals surface area contributed by atoms with Gasteiger partial charge in [0.15, 0.2) is 5.58 Å². The highest BCUT2D eigenvalue weighted by Gasteiger charge is 2.04. The molecule has 13 heavy (non-hydrogen) atoms. The lowest BCUT2D eigenvalue weighted by atomic mass is 10.2. The van der Waals surface area contributed by atoms with Crippen molar-refractivity contribution in [3.63, 3.8) is 0 Å². The van der Waals surface area contributed by atoms with Crippen molar-refractivity contribution in [1.29, 1.82) is 0 Å². The van der Waals surface area contributed by atoms with Gasteiger partial charge in [-0.3, -0.25) is 9.78 Å². The Bertz CT molecular complexity index is 569. The van der Waals surface area contributed by atoms with E-state index in [0.717, 1.165) is 0 Å². The van der Waals surface area contributed by atoms with Crippen molar-refractivity contribution >= 4 is 22.6 Å². The van der Waals surface area contributed by atoms with Crippen LogP contribution in [0.2, 0.25) is 5.02 Å². The van der Waals surface area contributed by atoms with Crippen LogP contribution in [0.3, 0.4) is 0 Å². The number of halogens is 1. The number of hydrogen-bond donors (Lipinski definition) is 1. The molecule has 0 amide bonds. The molecule has 66 valence electrons. The van der Waals surface area contributed by atoms with E-state index in [2.05, 4.69) is 0 Å². The van der Waals surface area contributed by atoms with E-state index in [4.69, 9.17) is 16.0 Å². The third-order valence-corrected chi connectivity index (χ3v) is 1.92. The molecular formula is C8H4ClNO3. The van der Waals surface area contributed by atoms with Crippen molar-refractivity contribution in [3.8, 4) is 0 Å². The molecule has 0 spiro atoms. The summed E-state index contributed by atoms with van der Waals surface area (Å²) in [7, 11) is 0. The Balaban J connectivity index is 3.12. The minimum absolute atomic E-state index is 0.123. The second-order valence-electron chi connectivity index (χ2n) is 2.46. The van der Waals surface area contributed by atoms with Crippen LogP contribution in [0.15, 0.2) is 32.2 Å². The van der Waals surface area contributed by atoms with Gasteiger partial charge in [0, 0.05) is 0 Å². The van der Waals surface area contributed by atoms with Gasteiger partial charge in [0.05, 0.1) is 10.4 Å². The van der Waals surface area contributed by atoms with Crippen LogP contribution in [-0.4, -0.2) is 4.98 Å². The zero-order chi connectivity index (χ0) is 9.42. The number of aromatic amines is 1. The standard InChI is InChI=1S/C8H4ClNO3/c9-5-3-1-2-4-6(5)13-8(12)10-7(4)11/h1-3H,(H,10,11,12). The van der Waals surface area contributed by atoms with Gasteiger partial charge in [-0.1, -0.05) is 17.7 Å². The van der Waals surface area contributed by atoms with Gasteiger partial charge in [0.25, 0.3) is 5.56 Å². The minimum Gasteiger partial charge on any atom is -0.408 e. The Hall–Kier alpha value is -1.55. The normalized spacial score (nSPS) is 10.5. The molecule has 0 saturated heterocycles. The maximum Gasteiger partial charge on any atom is 0.419 e. The first kappa shape index (κ1) is 8.07. The van der Waals surface area contributed by atoms with Crippen molar-refractivity contribution in [2.45, 2.75) is 0 Å². The van der Waals surface area contributed by atoms with E-state index in [0.29, 0.717) is 0 Å². The van der Waals surface area contributed by atoms with Crippen LogP contribution < -0.4 is 11.3 Å². The van der Waals surface area contributed by atoms with Gasteiger partial charge in [-0.2, -0.15) is 0 Å². The van der Waals surface area contributed by atoms with Crippen LogP contribution in [0.1, 0.15) is 0 Å². The fraction of sp³-hybridized carbons (Fsp3) is 0. The first-order chi connectivity index (χ1) is 6.18. The van der Waals surface area contributed by atoms with Crippen molar-refractivity contribution < 1.29 is 4.42 Å². The molecule has 1 aromatic carbocycles. The molecule has 2 rings (SSSR count). The summed E-state index contributed by atoms with van der Waals surface area (Å²) in [5, 5.41) is 0.521. The van der Waals surface area contributed by atoms with Crippen LogP contribution in [0.25, 0.3) is 11.0 Å². The number of H-pyrrole nitrogens is 1. The van der Waals surface area contributed by atoms with Crippen LogP contribution >= 0.6 is 11.6 Å². The second-order valence-corrected chi connectivity index (χ2v) is 2.87.